The van der Waals surface area contributed by atoms with E-state index in [-0.39, 0.29) is 11.8 Å². The van der Waals surface area contributed by atoms with Crippen LogP contribution in [-0.4, -0.2) is 22.0 Å². The lowest BCUT2D eigenvalue weighted by molar-refractivity contribution is -0.116. The van der Waals surface area contributed by atoms with Gasteiger partial charge in [0.1, 0.15) is 5.01 Å². The first-order valence-corrected chi connectivity index (χ1v) is 10.0. The summed E-state index contributed by atoms with van der Waals surface area (Å²) >= 11 is 1.34. The summed E-state index contributed by atoms with van der Waals surface area (Å²) in [6.07, 6.45) is 2.74. The summed E-state index contributed by atoms with van der Waals surface area (Å²) in [6, 6.07) is 17.0. The van der Waals surface area contributed by atoms with E-state index in [2.05, 4.69) is 33.0 Å². The summed E-state index contributed by atoms with van der Waals surface area (Å²) in [5.74, 6) is -0.431. The van der Waals surface area contributed by atoms with E-state index in [1.165, 1.54) is 16.9 Å². The van der Waals surface area contributed by atoms with Crippen LogP contribution in [0.15, 0.2) is 54.6 Å². The first kappa shape index (κ1) is 19.7. The van der Waals surface area contributed by atoms with Crippen LogP contribution in [0.2, 0.25) is 0 Å². The fourth-order valence-corrected chi connectivity index (χ4v) is 3.39. The molecule has 3 aromatic rings. The van der Waals surface area contributed by atoms with Crippen LogP contribution in [-0.2, 0) is 17.6 Å². The minimum Gasteiger partial charge on any atom is -0.325 e. The number of para-hydroxylation sites is 1. The molecule has 28 heavy (non-hydrogen) atoms. The molecule has 0 bridgehead atoms. The number of aromatic nitrogens is 2. The topological polar surface area (TPSA) is 84.0 Å². The van der Waals surface area contributed by atoms with E-state index in [0.29, 0.717) is 22.8 Å². The predicted molar refractivity (Wildman–Crippen MR) is 112 cm³/mol. The molecule has 0 atom stereocenters. The molecule has 0 aliphatic carbocycles. The van der Waals surface area contributed by atoms with E-state index < -0.39 is 0 Å². The second-order valence-corrected chi connectivity index (χ2v) is 7.30. The van der Waals surface area contributed by atoms with Gasteiger partial charge in [-0.1, -0.05) is 60.7 Å². The molecule has 1 aromatic heterocycles. The number of nitrogens with one attached hydrogen (secondary N) is 2. The second-order valence-electron chi connectivity index (χ2n) is 6.24. The highest BCUT2D eigenvalue weighted by atomic mass is 32.1. The van der Waals surface area contributed by atoms with Crippen LogP contribution in [0, 0.1) is 0 Å². The maximum Gasteiger partial charge on any atom is 0.259 e. The molecule has 1 heterocycles. The van der Waals surface area contributed by atoms with Gasteiger partial charge in [-0.05, 0) is 37.0 Å². The van der Waals surface area contributed by atoms with Gasteiger partial charge in [0.05, 0.1) is 11.3 Å². The molecule has 0 fully saturated rings. The number of benzene rings is 2. The summed E-state index contributed by atoms with van der Waals surface area (Å²) in [6.45, 7) is 1.98. The maximum absolute atomic E-state index is 12.6. The van der Waals surface area contributed by atoms with Gasteiger partial charge >= 0.3 is 0 Å². The molecule has 0 aliphatic heterocycles. The molecule has 0 saturated heterocycles. The van der Waals surface area contributed by atoms with Crippen molar-refractivity contribution in [3.05, 3.63) is 70.7 Å². The van der Waals surface area contributed by atoms with Gasteiger partial charge in [0.15, 0.2) is 0 Å². The molecule has 2 N–H and O–H groups in total. The Hall–Kier alpha value is -3.06. The Balaban J connectivity index is 1.58. The lowest BCUT2D eigenvalue weighted by atomic mass is 10.1. The zero-order valence-electron chi connectivity index (χ0n) is 15.6. The van der Waals surface area contributed by atoms with E-state index in [4.69, 9.17) is 0 Å². The molecule has 7 heteroatoms. The molecular weight excluding hydrogens is 372 g/mol. The van der Waals surface area contributed by atoms with Crippen LogP contribution in [0.4, 0.5) is 10.8 Å². The van der Waals surface area contributed by atoms with Gasteiger partial charge in [-0.25, -0.2) is 0 Å². The van der Waals surface area contributed by atoms with Crippen molar-refractivity contribution in [2.24, 2.45) is 0 Å². The largest absolute Gasteiger partial charge is 0.325 e. The van der Waals surface area contributed by atoms with Gasteiger partial charge in [0.25, 0.3) is 5.91 Å². The summed E-state index contributed by atoms with van der Waals surface area (Å²) in [7, 11) is 0. The molecule has 144 valence electrons. The Labute approximate surface area is 168 Å². The van der Waals surface area contributed by atoms with Crippen LogP contribution in [0.5, 0.6) is 0 Å². The molecule has 0 spiro atoms. The number of carbonyl (C=O) groups is 2. The summed E-state index contributed by atoms with van der Waals surface area (Å²) in [5.41, 5.74) is 2.09. The number of aryl methyl sites for hydroxylation is 2. The van der Waals surface area contributed by atoms with Gasteiger partial charge in [0, 0.05) is 6.42 Å². The molecule has 2 aromatic carbocycles. The minimum atomic E-state index is -0.320. The molecule has 3 rings (SSSR count). The van der Waals surface area contributed by atoms with Gasteiger partial charge in [-0.3, -0.25) is 14.9 Å². The smallest absolute Gasteiger partial charge is 0.259 e. The van der Waals surface area contributed by atoms with Crippen molar-refractivity contribution < 1.29 is 9.59 Å². The molecular formula is C21H22N4O2S. The predicted octanol–water partition coefficient (Wildman–Crippen LogP) is 4.31. The first-order chi connectivity index (χ1) is 13.7. The molecule has 0 unspecified atom stereocenters. The Kier molecular flexibility index (Phi) is 6.86. The number of carbonyl (C=O) groups excluding carboxylic acids is 2. The molecule has 0 saturated carbocycles. The standard InChI is InChI=1S/C21H22N4O2S/c1-2-19-24-25-21(28-19)23-20(27)16-12-6-7-13-17(16)22-18(26)14-8-11-15-9-4-3-5-10-15/h3-7,9-10,12-13H,2,8,11,14H2,1H3,(H,22,26)(H,23,25,27). The summed E-state index contributed by atoms with van der Waals surface area (Å²) in [4.78, 5) is 24.9. The van der Waals surface area contributed by atoms with Crippen LogP contribution in [0.25, 0.3) is 0 Å². The third-order valence-electron chi connectivity index (χ3n) is 4.15. The van der Waals surface area contributed by atoms with E-state index >= 15 is 0 Å². The van der Waals surface area contributed by atoms with E-state index in [1.807, 2.05) is 25.1 Å². The second kappa shape index (κ2) is 9.75. The Morgan fingerprint density at radius 3 is 2.46 bits per heavy atom. The zero-order chi connectivity index (χ0) is 19.8. The number of amides is 2. The van der Waals surface area contributed by atoms with Crippen LogP contribution >= 0.6 is 11.3 Å². The summed E-state index contributed by atoms with van der Waals surface area (Å²) < 4.78 is 0. The zero-order valence-corrected chi connectivity index (χ0v) is 16.5. The van der Waals surface area contributed by atoms with Gasteiger partial charge in [0.2, 0.25) is 11.0 Å². The number of nitrogens with zero attached hydrogens (tertiary/aromatic N) is 2. The van der Waals surface area contributed by atoms with Crippen LogP contribution in [0.1, 0.15) is 40.7 Å². The van der Waals surface area contributed by atoms with Crippen molar-refractivity contribution in [3.63, 3.8) is 0 Å². The minimum absolute atomic E-state index is 0.111. The van der Waals surface area contributed by atoms with E-state index in [1.54, 1.807) is 24.3 Å². The van der Waals surface area contributed by atoms with Gasteiger partial charge < -0.3 is 5.32 Å². The lowest BCUT2D eigenvalue weighted by Gasteiger charge is -2.10. The third-order valence-corrected chi connectivity index (χ3v) is 5.13. The Morgan fingerprint density at radius 2 is 1.71 bits per heavy atom. The fourth-order valence-electron chi connectivity index (χ4n) is 2.71. The van der Waals surface area contributed by atoms with Crippen molar-refractivity contribution in [3.8, 4) is 0 Å². The number of hydrogen-bond donors (Lipinski definition) is 2. The maximum atomic E-state index is 12.6. The molecule has 0 aliphatic rings. The number of rotatable bonds is 8. The monoisotopic (exact) mass is 394 g/mol. The molecule has 0 radical (unpaired) electrons. The molecule has 2 amide bonds. The van der Waals surface area contributed by atoms with Crippen molar-refractivity contribution in [2.75, 3.05) is 10.6 Å². The fraction of sp³-hybridized carbons (Fsp3) is 0.238. The Bertz CT molecular complexity index is 940. The van der Waals surface area contributed by atoms with E-state index in [9.17, 15) is 9.59 Å². The van der Waals surface area contributed by atoms with Crippen LogP contribution < -0.4 is 10.6 Å². The highest BCUT2D eigenvalue weighted by Crippen LogP contribution is 2.20. The number of anilines is 2. The number of hydrogen-bond acceptors (Lipinski definition) is 5. The first-order valence-electron chi connectivity index (χ1n) is 9.22. The average Bonchev–Trinajstić information content (AvgIpc) is 3.16. The quantitative estimate of drug-likeness (QED) is 0.596. The van der Waals surface area contributed by atoms with E-state index in [0.717, 1.165) is 24.3 Å². The highest BCUT2D eigenvalue weighted by Gasteiger charge is 2.15. The highest BCUT2D eigenvalue weighted by molar-refractivity contribution is 7.15. The van der Waals surface area contributed by atoms with Gasteiger partial charge in [-0.15, -0.1) is 10.2 Å². The van der Waals surface area contributed by atoms with Crippen LogP contribution in [0.3, 0.4) is 0 Å². The van der Waals surface area contributed by atoms with Gasteiger partial charge in [-0.2, -0.15) is 0 Å². The molecule has 6 nitrogen and oxygen atoms in total. The normalized spacial score (nSPS) is 10.5. The van der Waals surface area contributed by atoms with Crippen molar-refractivity contribution in [1.82, 2.24) is 10.2 Å². The average molecular weight is 395 g/mol. The lowest BCUT2D eigenvalue weighted by Crippen LogP contribution is -2.18. The van der Waals surface area contributed by atoms with Crippen molar-refractivity contribution in [2.45, 2.75) is 32.6 Å². The van der Waals surface area contributed by atoms with Crippen molar-refractivity contribution in [1.29, 1.82) is 0 Å². The van der Waals surface area contributed by atoms with Crippen molar-refractivity contribution >= 4 is 34.0 Å². The SMILES string of the molecule is CCc1nnc(NC(=O)c2ccccc2NC(=O)CCCc2ccccc2)s1. The third kappa shape index (κ3) is 5.47. The Morgan fingerprint density at radius 1 is 0.964 bits per heavy atom. The summed E-state index contributed by atoms with van der Waals surface area (Å²) in [5, 5.41) is 14.9.